The molecular formula is C18H19N3O2S. The number of benzene rings is 1. The van der Waals surface area contributed by atoms with E-state index >= 15 is 0 Å². The highest BCUT2D eigenvalue weighted by Crippen LogP contribution is 2.34. The first-order valence-corrected chi connectivity index (χ1v) is 9.19. The smallest absolute Gasteiger partial charge is 0.242 e. The average molecular weight is 341 g/mol. The van der Waals surface area contributed by atoms with Crippen molar-refractivity contribution in [1.29, 1.82) is 0 Å². The Morgan fingerprint density at radius 3 is 3.04 bits per heavy atom. The molecule has 1 aromatic carbocycles. The van der Waals surface area contributed by atoms with Gasteiger partial charge in [-0.1, -0.05) is 12.1 Å². The van der Waals surface area contributed by atoms with Crippen LogP contribution in [0.1, 0.15) is 17.4 Å². The number of imidazole rings is 1. The molecule has 1 amide bonds. The van der Waals surface area contributed by atoms with Crippen molar-refractivity contribution in [2.24, 2.45) is 0 Å². The van der Waals surface area contributed by atoms with Gasteiger partial charge < -0.3 is 13.9 Å². The van der Waals surface area contributed by atoms with Crippen molar-refractivity contribution in [3.63, 3.8) is 0 Å². The normalized spacial score (nSPS) is 18.7. The molecule has 3 heterocycles. The first-order valence-electron chi connectivity index (χ1n) is 8.14. The topological polar surface area (TPSA) is 51.3 Å². The van der Waals surface area contributed by atoms with Crippen LogP contribution in [-0.4, -0.2) is 39.2 Å². The third-order valence-corrected chi connectivity index (χ3v) is 5.68. The zero-order chi connectivity index (χ0) is 16.4. The number of thioether (sulfide) groups is 1. The summed E-state index contributed by atoms with van der Waals surface area (Å²) in [6, 6.07) is 11.8. The summed E-state index contributed by atoms with van der Waals surface area (Å²) >= 11 is 1.87. The minimum absolute atomic E-state index is 0.152. The predicted octanol–water partition coefficient (Wildman–Crippen LogP) is 3.34. The summed E-state index contributed by atoms with van der Waals surface area (Å²) < 4.78 is 7.45. The first-order chi connectivity index (χ1) is 11.8. The Bertz CT molecular complexity index is 828. The molecule has 3 aromatic rings. The molecule has 124 valence electrons. The lowest BCUT2D eigenvalue weighted by Gasteiger charge is -2.20. The number of furan rings is 1. The maximum atomic E-state index is 12.7. The van der Waals surface area contributed by atoms with E-state index in [0.717, 1.165) is 42.1 Å². The SMILES string of the molecule is O=C(Cn1cnc2ccccc21)N1CCSC(c2ccco2)CC1. The zero-order valence-corrected chi connectivity index (χ0v) is 14.1. The third-order valence-electron chi connectivity index (χ3n) is 4.39. The summed E-state index contributed by atoms with van der Waals surface area (Å²) in [5.41, 5.74) is 1.93. The molecule has 0 N–H and O–H groups in total. The van der Waals surface area contributed by atoms with Crippen LogP contribution >= 0.6 is 11.8 Å². The van der Waals surface area contributed by atoms with Crippen molar-refractivity contribution in [3.05, 3.63) is 54.7 Å². The van der Waals surface area contributed by atoms with E-state index in [2.05, 4.69) is 4.98 Å². The lowest BCUT2D eigenvalue weighted by molar-refractivity contribution is -0.131. The van der Waals surface area contributed by atoms with Crippen LogP contribution in [0.25, 0.3) is 11.0 Å². The van der Waals surface area contributed by atoms with Crippen LogP contribution in [0.4, 0.5) is 0 Å². The molecule has 1 fully saturated rings. The van der Waals surface area contributed by atoms with Gasteiger partial charge in [-0.15, -0.1) is 11.8 Å². The van der Waals surface area contributed by atoms with E-state index in [4.69, 9.17) is 4.42 Å². The molecule has 4 rings (SSSR count). The van der Waals surface area contributed by atoms with E-state index in [1.807, 2.05) is 57.6 Å². The Kier molecular flexibility index (Phi) is 4.30. The Morgan fingerprint density at radius 1 is 1.25 bits per heavy atom. The minimum atomic E-state index is 0.152. The van der Waals surface area contributed by atoms with Crippen LogP contribution in [0.5, 0.6) is 0 Å². The summed E-state index contributed by atoms with van der Waals surface area (Å²) in [5.74, 6) is 2.09. The zero-order valence-electron chi connectivity index (χ0n) is 13.3. The Labute approximate surface area is 144 Å². The van der Waals surface area contributed by atoms with E-state index in [9.17, 15) is 4.79 Å². The number of rotatable bonds is 3. The molecule has 24 heavy (non-hydrogen) atoms. The second-order valence-electron chi connectivity index (χ2n) is 5.91. The van der Waals surface area contributed by atoms with E-state index in [-0.39, 0.29) is 5.91 Å². The molecule has 6 heteroatoms. The number of hydrogen-bond donors (Lipinski definition) is 0. The lowest BCUT2D eigenvalue weighted by atomic mass is 10.2. The largest absolute Gasteiger partial charge is 0.468 e. The number of carbonyl (C=O) groups is 1. The fourth-order valence-electron chi connectivity index (χ4n) is 3.10. The van der Waals surface area contributed by atoms with E-state index in [1.54, 1.807) is 12.6 Å². The number of fused-ring (bicyclic) bond motifs is 1. The van der Waals surface area contributed by atoms with Gasteiger partial charge >= 0.3 is 0 Å². The second-order valence-corrected chi connectivity index (χ2v) is 7.22. The van der Waals surface area contributed by atoms with Crippen LogP contribution < -0.4 is 0 Å². The maximum Gasteiger partial charge on any atom is 0.242 e. The minimum Gasteiger partial charge on any atom is -0.468 e. The van der Waals surface area contributed by atoms with Gasteiger partial charge in [0.2, 0.25) is 5.91 Å². The number of para-hydroxylation sites is 2. The maximum absolute atomic E-state index is 12.7. The number of aromatic nitrogens is 2. The molecule has 0 radical (unpaired) electrons. The van der Waals surface area contributed by atoms with Crippen molar-refractivity contribution < 1.29 is 9.21 Å². The summed E-state index contributed by atoms with van der Waals surface area (Å²) in [4.78, 5) is 19.0. The highest BCUT2D eigenvalue weighted by atomic mass is 32.2. The molecule has 1 saturated heterocycles. The third kappa shape index (κ3) is 3.06. The van der Waals surface area contributed by atoms with E-state index in [0.29, 0.717) is 11.8 Å². The molecule has 2 aromatic heterocycles. The Hall–Kier alpha value is -2.21. The number of carbonyl (C=O) groups excluding carboxylic acids is 1. The van der Waals surface area contributed by atoms with Crippen molar-refractivity contribution in [3.8, 4) is 0 Å². The molecule has 1 aliphatic heterocycles. The lowest BCUT2D eigenvalue weighted by Crippen LogP contribution is -2.35. The molecule has 0 aliphatic carbocycles. The van der Waals surface area contributed by atoms with Gasteiger partial charge in [-0.2, -0.15) is 0 Å². The molecule has 1 aliphatic rings. The Balaban J connectivity index is 1.43. The molecule has 0 spiro atoms. The van der Waals surface area contributed by atoms with Crippen molar-refractivity contribution in [2.45, 2.75) is 18.2 Å². The second kappa shape index (κ2) is 6.73. The Morgan fingerprint density at radius 2 is 2.17 bits per heavy atom. The fraction of sp³-hybridized carbons (Fsp3) is 0.333. The van der Waals surface area contributed by atoms with Crippen molar-refractivity contribution >= 4 is 28.7 Å². The summed E-state index contributed by atoms with van der Waals surface area (Å²) in [6.45, 7) is 1.90. The number of amides is 1. The van der Waals surface area contributed by atoms with Crippen LogP contribution in [0, 0.1) is 0 Å². The average Bonchev–Trinajstić information content (AvgIpc) is 3.20. The summed E-state index contributed by atoms with van der Waals surface area (Å²) in [5, 5.41) is 0.340. The van der Waals surface area contributed by atoms with Crippen LogP contribution in [0.3, 0.4) is 0 Å². The van der Waals surface area contributed by atoms with Gasteiger partial charge in [-0.25, -0.2) is 4.98 Å². The fourth-order valence-corrected chi connectivity index (χ4v) is 4.28. The van der Waals surface area contributed by atoms with Crippen molar-refractivity contribution in [2.75, 3.05) is 18.8 Å². The van der Waals surface area contributed by atoms with Gasteiger partial charge in [-0.3, -0.25) is 4.79 Å². The van der Waals surface area contributed by atoms with E-state index < -0.39 is 0 Å². The summed E-state index contributed by atoms with van der Waals surface area (Å²) in [7, 11) is 0. The number of nitrogens with zero attached hydrogens (tertiary/aromatic N) is 3. The first kappa shape index (κ1) is 15.3. The highest BCUT2D eigenvalue weighted by Gasteiger charge is 2.23. The number of hydrogen-bond acceptors (Lipinski definition) is 4. The molecule has 0 bridgehead atoms. The van der Waals surface area contributed by atoms with Gasteiger partial charge in [0.1, 0.15) is 12.3 Å². The predicted molar refractivity (Wildman–Crippen MR) is 94.8 cm³/mol. The van der Waals surface area contributed by atoms with E-state index in [1.165, 1.54) is 0 Å². The monoisotopic (exact) mass is 341 g/mol. The highest BCUT2D eigenvalue weighted by molar-refractivity contribution is 7.99. The van der Waals surface area contributed by atoms with Gasteiger partial charge in [-0.05, 0) is 30.7 Å². The van der Waals surface area contributed by atoms with Gasteiger partial charge in [0.05, 0.1) is 28.9 Å². The molecule has 5 nitrogen and oxygen atoms in total. The van der Waals surface area contributed by atoms with Crippen molar-refractivity contribution in [1.82, 2.24) is 14.5 Å². The standard InChI is InChI=1S/C18H19N3O2S/c22-18(12-21-13-19-14-4-1-2-5-15(14)21)20-8-7-17(24-11-9-20)16-6-3-10-23-16/h1-6,10,13,17H,7-9,11-12H2. The summed E-state index contributed by atoms with van der Waals surface area (Å²) in [6.07, 6.45) is 4.39. The van der Waals surface area contributed by atoms with Crippen LogP contribution in [0.15, 0.2) is 53.4 Å². The molecule has 0 saturated carbocycles. The molecule has 1 unspecified atom stereocenters. The van der Waals surface area contributed by atoms with Gasteiger partial charge in [0.25, 0.3) is 0 Å². The van der Waals surface area contributed by atoms with Crippen LogP contribution in [0.2, 0.25) is 0 Å². The van der Waals surface area contributed by atoms with Crippen LogP contribution in [-0.2, 0) is 11.3 Å². The molecule has 1 atom stereocenters. The molecular weight excluding hydrogens is 322 g/mol. The van der Waals surface area contributed by atoms with Gasteiger partial charge in [0.15, 0.2) is 0 Å². The quantitative estimate of drug-likeness (QED) is 0.733. The van der Waals surface area contributed by atoms with Gasteiger partial charge in [0, 0.05) is 18.8 Å².